The molecule has 0 aliphatic carbocycles. The van der Waals surface area contributed by atoms with Gasteiger partial charge in [-0.25, -0.2) is 0 Å². The first kappa shape index (κ1) is 18.7. The van der Waals surface area contributed by atoms with Crippen molar-refractivity contribution in [2.75, 3.05) is 26.7 Å². The van der Waals surface area contributed by atoms with Gasteiger partial charge in [0.2, 0.25) is 11.8 Å². The number of halogens is 2. The summed E-state index contributed by atoms with van der Waals surface area (Å²) in [4.78, 5) is 25.0. The van der Waals surface area contributed by atoms with Crippen molar-refractivity contribution in [2.24, 2.45) is 0 Å². The molecule has 0 unspecified atom stereocenters. The molecule has 2 amide bonds. The Morgan fingerprint density at radius 3 is 2.55 bits per heavy atom. The Morgan fingerprint density at radius 2 is 1.91 bits per heavy atom. The molecule has 2 N–H and O–H groups in total. The molecule has 1 aromatic rings. The van der Waals surface area contributed by atoms with E-state index in [-0.39, 0.29) is 24.9 Å². The van der Waals surface area contributed by atoms with Crippen LogP contribution in [0, 0.1) is 0 Å². The predicted molar refractivity (Wildman–Crippen MR) is 89.1 cm³/mol. The first-order chi connectivity index (χ1) is 10.4. The quantitative estimate of drug-likeness (QED) is 0.758. The molecular formula is C15H21Cl2N3O2. The fourth-order valence-corrected chi connectivity index (χ4v) is 2.27. The van der Waals surface area contributed by atoms with E-state index >= 15 is 0 Å². The summed E-state index contributed by atoms with van der Waals surface area (Å²) in [6, 6.07) is 5.26. The number of carbonyl (C=O) groups excluding carboxylic acids is 2. The summed E-state index contributed by atoms with van der Waals surface area (Å²) in [6.07, 6.45) is 0.865. The van der Waals surface area contributed by atoms with Crippen LogP contribution in [0.1, 0.15) is 18.9 Å². The molecule has 0 fully saturated rings. The molecule has 1 rings (SSSR count). The Bertz CT molecular complexity index is 524. The van der Waals surface area contributed by atoms with E-state index in [1.54, 1.807) is 12.1 Å². The summed E-state index contributed by atoms with van der Waals surface area (Å²) in [6.45, 7) is 3.28. The summed E-state index contributed by atoms with van der Waals surface area (Å²) in [5.41, 5.74) is 0.891. The van der Waals surface area contributed by atoms with E-state index in [0.29, 0.717) is 23.1 Å². The van der Waals surface area contributed by atoms with Crippen molar-refractivity contribution in [1.82, 2.24) is 15.5 Å². The van der Waals surface area contributed by atoms with Crippen LogP contribution < -0.4 is 10.6 Å². The normalized spacial score (nSPS) is 10.6. The Balaban J connectivity index is 2.36. The fraction of sp³-hybridized carbons (Fsp3) is 0.467. The Labute approximate surface area is 141 Å². The van der Waals surface area contributed by atoms with E-state index in [0.717, 1.165) is 12.0 Å². The average Bonchev–Trinajstić information content (AvgIpc) is 2.46. The third kappa shape index (κ3) is 7.11. The monoisotopic (exact) mass is 345 g/mol. The zero-order chi connectivity index (χ0) is 16.5. The highest BCUT2D eigenvalue weighted by Gasteiger charge is 2.10. The molecule has 0 spiro atoms. The molecule has 0 bridgehead atoms. The van der Waals surface area contributed by atoms with Crippen LogP contribution in [-0.4, -0.2) is 43.4 Å². The van der Waals surface area contributed by atoms with E-state index in [9.17, 15) is 9.59 Å². The van der Waals surface area contributed by atoms with Crippen LogP contribution in [0.15, 0.2) is 18.2 Å². The molecule has 0 atom stereocenters. The molecule has 0 aliphatic heterocycles. The number of hydrogen-bond acceptors (Lipinski definition) is 3. The van der Waals surface area contributed by atoms with E-state index < -0.39 is 0 Å². The number of amides is 2. The van der Waals surface area contributed by atoms with E-state index in [1.165, 1.54) is 0 Å². The van der Waals surface area contributed by atoms with Crippen LogP contribution >= 0.6 is 23.2 Å². The van der Waals surface area contributed by atoms with Crippen molar-refractivity contribution in [2.45, 2.75) is 19.9 Å². The van der Waals surface area contributed by atoms with Crippen LogP contribution in [0.5, 0.6) is 0 Å². The van der Waals surface area contributed by atoms with Gasteiger partial charge in [0.1, 0.15) is 0 Å². The molecule has 7 heteroatoms. The molecule has 22 heavy (non-hydrogen) atoms. The smallest absolute Gasteiger partial charge is 0.239 e. The first-order valence-corrected chi connectivity index (χ1v) is 7.83. The maximum Gasteiger partial charge on any atom is 0.239 e. The molecule has 0 aromatic heterocycles. The van der Waals surface area contributed by atoms with Gasteiger partial charge in [0.15, 0.2) is 0 Å². The van der Waals surface area contributed by atoms with Crippen molar-refractivity contribution < 1.29 is 9.59 Å². The van der Waals surface area contributed by atoms with Crippen molar-refractivity contribution >= 4 is 35.0 Å². The maximum absolute atomic E-state index is 11.8. The maximum atomic E-state index is 11.8. The summed E-state index contributed by atoms with van der Waals surface area (Å²) in [7, 11) is 1.81. The Morgan fingerprint density at radius 1 is 1.18 bits per heavy atom. The molecule has 0 saturated carbocycles. The van der Waals surface area contributed by atoms with Crippen LogP contribution in [0.2, 0.25) is 10.0 Å². The highest BCUT2D eigenvalue weighted by Crippen LogP contribution is 2.21. The van der Waals surface area contributed by atoms with Crippen LogP contribution in [0.3, 0.4) is 0 Å². The third-order valence-corrected chi connectivity index (χ3v) is 3.47. The number of likely N-dealkylation sites (N-methyl/N-ethyl adjacent to an activating group) is 1. The molecule has 0 heterocycles. The van der Waals surface area contributed by atoms with Gasteiger partial charge < -0.3 is 10.6 Å². The SMILES string of the molecule is CCCNC(=O)CNC(=O)CN(C)Cc1ccc(Cl)cc1Cl. The summed E-state index contributed by atoms with van der Waals surface area (Å²) < 4.78 is 0. The highest BCUT2D eigenvalue weighted by atomic mass is 35.5. The van der Waals surface area contributed by atoms with Gasteiger partial charge in [-0.3, -0.25) is 14.5 Å². The van der Waals surface area contributed by atoms with Crippen molar-refractivity contribution in [3.8, 4) is 0 Å². The molecular weight excluding hydrogens is 325 g/mol. The minimum Gasteiger partial charge on any atom is -0.355 e. The average molecular weight is 346 g/mol. The lowest BCUT2D eigenvalue weighted by Gasteiger charge is -2.17. The molecule has 0 radical (unpaired) electrons. The predicted octanol–water partition coefficient (Wildman–Crippen LogP) is 2.07. The molecule has 5 nitrogen and oxygen atoms in total. The van der Waals surface area contributed by atoms with E-state index in [4.69, 9.17) is 23.2 Å². The van der Waals surface area contributed by atoms with Gasteiger partial charge in [-0.2, -0.15) is 0 Å². The van der Waals surface area contributed by atoms with E-state index in [2.05, 4.69) is 10.6 Å². The minimum absolute atomic E-state index is 0.00558. The largest absolute Gasteiger partial charge is 0.355 e. The highest BCUT2D eigenvalue weighted by molar-refractivity contribution is 6.35. The number of benzene rings is 1. The number of nitrogens with zero attached hydrogens (tertiary/aromatic N) is 1. The zero-order valence-corrected chi connectivity index (χ0v) is 14.3. The Hall–Kier alpha value is -1.30. The number of carbonyl (C=O) groups is 2. The lowest BCUT2D eigenvalue weighted by atomic mass is 10.2. The topological polar surface area (TPSA) is 61.4 Å². The van der Waals surface area contributed by atoms with Crippen LogP contribution in [0.25, 0.3) is 0 Å². The lowest BCUT2D eigenvalue weighted by molar-refractivity contribution is -0.126. The van der Waals surface area contributed by atoms with Crippen molar-refractivity contribution in [3.63, 3.8) is 0 Å². The van der Waals surface area contributed by atoms with Crippen molar-refractivity contribution in [3.05, 3.63) is 33.8 Å². The molecule has 122 valence electrons. The number of rotatable bonds is 8. The summed E-state index contributed by atoms with van der Waals surface area (Å²) in [5.74, 6) is -0.391. The first-order valence-electron chi connectivity index (χ1n) is 7.08. The van der Waals surface area contributed by atoms with Gasteiger partial charge in [0.25, 0.3) is 0 Å². The molecule has 0 aliphatic rings. The molecule has 0 saturated heterocycles. The summed E-state index contributed by atoms with van der Waals surface area (Å²) >= 11 is 11.9. The second kappa shape index (κ2) is 9.66. The second-order valence-corrected chi connectivity index (χ2v) is 5.88. The van der Waals surface area contributed by atoms with Gasteiger partial charge in [0.05, 0.1) is 13.1 Å². The summed E-state index contributed by atoms with van der Waals surface area (Å²) in [5, 5.41) is 6.43. The standard InChI is InChI=1S/C15H21Cl2N3O2/c1-3-6-18-14(21)8-19-15(22)10-20(2)9-11-4-5-12(16)7-13(11)17/h4-5,7H,3,6,8-10H2,1-2H3,(H,18,21)(H,19,22). The van der Waals surface area contributed by atoms with Gasteiger partial charge in [-0.05, 0) is 31.2 Å². The minimum atomic E-state index is -0.209. The lowest BCUT2D eigenvalue weighted by Crippen LogP contribution is -2.41. The van der Waals surface area contributed by atoms with Crippen LogP contribution in [-0.2, 0) is 16.1 Å². The van der Waals surface area contributed by atoms with Crippen molar-refractivity contribution in [1.29, 1.82) is 0 Å². The van der Waals surface area contributed by atoms with Gasteiger partial charge in [0, 0.05) is 23.1 Å². The second-order valence-electron chi connectivity index (χ2n) is 5.03. The third-order valence-electron chi connectivity index (χ3n) is 2.89. The zero-order valence-electron chi connectivity index (χ0n) is 12.8. The Kier molecular flexibility index (Phi) is 8.24. The number of nitrogens with one attached hydrogen (secondary N) is 2. The van der Waals surface area contributed by atoms with Gasteiger partial charge >= 0.3 is 0 Å². The van der Waals surface area contributed by atoms with Gasteiger partial charge in [-0.15, -0.1) is 0 Å². The van der Waals surface area contributed by atoms with Crippen LogP contribution in [0.4, 0.5) is 0 Å². The molecule has 1 aromatic carbocycles. The van der Waals surface area contributed by atoms with E-state index in [1.807, 2.05) is 24.9 Å². The number of hydrogen-bond donors (Lipinski definition) is 2. The fourth-order valence-electron chi connectivity index (χ4n) is 1.80. The van der Waals surface area contributed by atoms with Gasteiger partial charge in [-0.1, -0.05) is 36.2 Å².